The molecule has 0 bridgehead atoms. The maximum atomic E-state index is 11.9. The number of para-hydroxylation sites is 1. The third kappa shape index (κ3) is 2.09. The predicted octanol–water partition coefficient (Wildman–Crippen LogP) is 0.422. The smallest absolute Gasteiger partial charge is 0.253 e. The molecule has 1 amide bonds. The van der Waals surface area contributed by atoms with Gasteiger partial charge in [0.1, 0.15) is 7.11 Å². The van der Waals surface area contributed by atoms with Crippen LogP contribution in [-0.4, -0.2) is 36.0 Å². The summed E-state index contributed by atoms with van der Waals surface area (Å²) in [6.45, 7) is 0.167. The minimum atomic E-state index is -0.217. The zero-order chi connectivity index (χ0) is 12.3. The second kappa shape index (κ2) is 4.88. The standard InChI is InChI=1S/C12H14N2O3/c1-17-14-8-10(12(16)13-6-7-15)9-4-2-3-5-11(9)14/h2-5,8,15H,6-7H2,1H3,(H,13,16). The van der Waals surface area contributed by atoms with Gasteiger partial charge in [0.2, 0.25) is 0 Å². The van der Waals surface area contributed by atoms with E-state index in [1.807, 2.05) is 24.3 Å². The lowest BCUT2D eigenvalue weighted by Crippen LogP contribution is -2.26. The molecular formula is C12H14N2O3. The quantitative estimate of drug-likeness (QED) is 0.806. The molecule has 0 radical (unpaired) electrons. The molecule has 0 saturated heterocycles. The summed E-state index contributed by atoms with van der Waals surface area (Å²) in [6.07, 6.45) is 1.64. The summed E-state index contributed by atoms with van der Waals surface area (Å²) in [4.78, 5) is 17.0. The highest BCUT2D eigenvalue weighted by Gasteiger charge is 2.14. The highest BCUT2D eigenvalue weighted by molar-refractivity contribution is 6.06. The Kier molecular flexibility index (Phi) is 3.30. The van der Waals surface area contributed by atoms with Gasteiger partial charge in [0, 0.05) is 11.9 Å². The van der Waals surface area contributed by atoms with E-state index < -0.39 is 0 Å². The molecule has 2 N–H and O–H groups in total. The van der Waals surface area contributed by atoms with Gasteiger partial charge in [-0.05, 0) is 6.07 Å². The predicted molar refractivity (Wildman–Crippen MR) is 63.9 cm³/mol. The molecule has 2 rings (SSSR count). The maximum absolute atomic E-state index is 11.9. The molecular weight excluding hydrogens is 220 g/mol. The van der Waals surface area contributed by atoms with Crippen molar-refractivity contribution in [1.82, 2.24) is 10.0 Å². The number of nitrogens with one attached hydrogen (secondary N) is 1. The summed E-state index contributed by atoms with van der Waals surface area (Å²) < 4.78 is 1.54. The second-order valence-corrected chi connectivity index (χ2v) is 3.55. The van der Waals surface area contributed by atoms with Crippen LogP contribution in [0, 0.1) is 0 Å². The van der Waals surface area contributed by atoms with E-state index in [4.69, 9.17) is 9.94 Å². The fraction of sp³-hybridized carbons (Fsp3) is 0.250. The molecule has 1 aromatic heterocycles. The summed E-state index contributed by atoms with van der Waals surface area (Å²) in [5.74, 6) is -0.217. The van der Waals surface area contributed by atoms with Crippen LogP contribution in [-0.2, 0) is 0 Å². The minimum absolute atomic E-state index is 0.0747. The third-order valence-corrected chi connectivity index (χ3v) is 2.52. The summed E-state index contributed by atoms with van der Waals surface area (Å²) >= 11 is 0. The van der Waals surface area contributed by atoms with Gasteiger partial charge in [-0.3, -0.25) is 4.79 Å². The van der Waals surface area contributed by atoms with E-state index in [1.165, 1.54) is 0 Å². The molecule has 5 heteroatoms. The van der Waals surface area contributed by atoms with Crippen LogP contribution >= 0.6 is 0 Å². The van der Waals surface area contributed by atoms with Crippen molar-refractivity contribution < 1.29 is 14.7 Å². The number of benzene rings is 1. The van der Waals surface area contributed by atoms with Gasteiger partial charge >= 0.3 is 0 Å². The summed E-state index contributed by atoms with van der Waals surface area (Å²) in [5.41, 5.74) is 1.38. The van der Waals surface area contributed by atoms with Gasteiger partial charge in [-0.15, -0.1) is 0 Å². The Balaban J connectivity index is 2.43. The lowest BCUT2D eigenvalue weighted by Gasteiger charge is -2.00. The third-order valence-electron chi connectivity index (χ3n) is 2.52. The molecule has 1 heterocycles. The van der Waals surface area contributed by atoms with E-state index >= 15 is 0 Å². The lowest BCUT2D eigenvalue weighted by atomic mass is 10.1. The molecule has 17 heavy (non-hydrogen) atoms. The first-order valence-corrected chi connectivity index (χ1v) is 5.31. The van der Waals surface area contributed by atoms with Gasteiger partial charge in [-0.25, -0.2) is 0 Å². The molecule has 0 saturated carbocycles. The van der Waals surface area contributed by atoms with E-state index in [9.17, 15) is 4.79 Å². The Morgan fingerprint density at radius 3 is 2.94 bits per heavy atom. The monoisotopic (exact) mass is 234 g/mol. The Hall–Kier alpha value is -2.01. The lowest BCUT2D eigenvalue weighted by molar-refractivity contribution is 0.0944. The zero-order valence-electron chi connectivity index (χ0n) is 9.51. The van der Waals surface area contributed by atoms with Crippen LogP contribution < -0.4 is 10.2 Å². The normalized spacial score (nSPS) is 10.5. The molecule has 2 aromatic rings. The molecule has 0 aliphatic rings. The van der Waals surface area contributed by atoms with Gasteiger partial charge in [0.15, 0.2) is 0 Å². The van der Waals surface area contributed by atoms with Crippen LogP contribution in [0.5, 0.6) is 0 Å². The topological polar surface area (TPSA) is 63.5 Å². The van der Waals surface area contributed by atoms with Crippen molar-refractivity contribution in [2.75, 3.05) is 20.3 Å². The summed E-state index contributed by atoms with van der Waals surface area (Å²) in [5, 5.41) is 12.1. The van der Waals surface area contributed by atoms with Crippen molar-refractivity contribution in [3.63, 3.8) is 0 Å². The van der Waals surface area contributed by atoms with E-state index in [2.05, 4.69) is 5.32 Å². The van der Waals surface area contributed by atoms with Gasteiger partial charge in [0.25, 0.3) is 5.91 Å². The first kappa shape index (κ1) is 11.5. The van der Waals surface area contributed by atoms with Crippen LogP contribution in [0.2, 0.25) is 0 Å². The average Bonchev–Trinajstić information content (AvgIpc) is 2.75. The van der Waals surface area contributed by atoms with Crippen molar-refractivity contribution in [1.29, 1.82) is 0 Å². The van der Waals surface area contributed by atoms with E-state index in [-0.39, 0.29) is 19.1 Å². The molecule has 0 spiro atoms. The number of carbonyl (C=O) groups is 1. The first-order chi connectivity index (χ1) is 8.27. The van der Waals surface area contributed by atoms with Gasteiger partial charge in [-0.1, -0.05) is 18.2 Å². The number of carbonyl (C=O) groups excluding carboxylic acids is 1. The number of hydrogen-bond acceptors (Lipinski definition) is 3. The Bertz CT molecular complexity index is 534. The summed E-state index contributed by atoms with van der Waals surface area (Å²) in [6, 6.07) is 7.48. The number of hydrogen-bond donors (Lipinski definition) is 2. The Labute approximate surface area is 98.6 Å². The second-order valence-electron chi connectivity index (χ2n) is 3.55. The van der Waals surface area contributed by atoms with Crippen molar-refractivity contribution in [2.24, 2.45) is 0 Å². The van der Waals surface area contributed by atoms with E-state index in [1.54, 1.807) is 18.0 Å². The summed E-state index contributed by atoms with van der Waals surface area (Å²) in [7, 11) is 1.54. The van der Waals surface area contributed by atoms with Crippen molar-refractivity contribution in [3.8, 4) is 0 Å². The number of aliphatic hydroxyl groups excluding tert-OH is 1. The molecule has 0 unspecified atom stereocenters. The molecule has 0 atom stereocenters. The molecule has 0 aliphatic carbocycles. The fourth-order valence-electron chi connectivity index (χ4n) is 1.75. The van der Waals surface area contributed by atoms with Crippen LogP contribution in [0.1, 0.15) is 10.4 Å². The van der Waals surface area contributed by atoms with Gasteiger partial charge in [-0.2, -0.15) is 4.73 Å². The largest absolute Gasteiger partial charge is 0.417 e. The minimum Gasteiger partial charge on any atom is -0.417 e. The van der Waals surface area contributed by atoms with Crippen LogP contribution in [0.25, 0.3) is 10.9 Å². The number of fused-ring (bicyclic) bond motifs is 1. The van der Waals surface area contributed by atoms with Crippen molar-refractivity contribution in [2.45, 2.75) is 0 Å². The van der Waals surface area contributed by atoms with Crippen LogP contribution in [0.15, 0.2) is 30.5 Å². The molecule has 5 nitrogen and oxygen atoms in total. The number of amides is 1. The average molecular weight is 234 g/mol. The molecule has 90 valence electrons. The molecule has 0 fully saturated rings. The van der Waals surface area contributed by atoms with Crippen molar-refractivity contribution in [3.05, 3.63) is 36.0 Å². The number of aromatic nitrogens is 1. The first-order valence-electron chi connectivity index (χ1n) is 5.31. The Morgan fingerprint density at radius 2 is 2.24 bits per heavy atom. The van der Waals surface area contributed by atoms with Gasteiger partial charge in [0.05, 0.1) is 23.9 Å². The SMILES string of the molecule is COn1cc(C(=O)NCCO)c2ccccc21. The highest BCUT2D eigenvalue weighted by Crippen LogP contribution is 2.20. The number of rotatable bonds is 4. The van der Waals surface area contributed by atoms with Crippen molar-refractivity contribution >= 4 is 16.8 Å². The zero-order valence-corrected chi connectivity index (χ0v) is 9.51. The van der Waals surface area contributed by atoms with Crippen LogP contribution in [0.4, 0.5) is 0 Å². The molecule has 1 aromatic carbocycles. The maximum Gasteiger partial charge on any atom is 0.253 e. The Morgan fingerprint density at radius 1 is 1.47 bits per heavy atom. The van der Waals surface area contributed by atoms with Crippen LogP contribution in [0.3, 0.4) is 0 Å². The fourth-order valence-corrected chi connectivity index (χ4v) is 1.75. The van der Waals surface area contributed by atoms with E-state index in [0.717, 1.165) is 10.9 Å². The van der Waals surface area contributed by atoms with E-state index in [0.29, 0.717) is 5.56 Å². The molecule has 0 aliphatic heterocycles. The van der Waals surface area contributed by atoms with Gasteiger partial charge < -0.3 is 15.3 Å². The number of nitrogens with zero attached hydrogens (tertiary/aromatic N) is 1. The highest BCUT2D eigenvalue weighted by atomic mass is 16.6. The number of aliphatic hydroxyl groups is 1.